The molecule has 0 fully saturated rings. The lowest BCUT2D eigenvalue weighted by atomic mass is 10.0. The molecule has 1 aromatic carbocycles. The number of hydrogen-bond acceptors (Lipinski definition) is 5. The molecule has 0 spiro atoms. The fraction of sp³-hybridized carbons (Fsp3) is 0.143. The molecule has 2 aromatic rings. The van der Waals surface area contributed by atoms with Gasteiger partial charge < -0.3 is 16.2 Å². The van der Waals surface area contributed by atoms with Gasteiger partial charge in [0.05, 0.1) is 12.8 Å². The molecular weight excluding hydrogens is 242 g/mol. The van der Waals surface area contributed by atoms with Crippen molar-refractivity contribution in [2.75, 3.05) is 18.6 Å². The van der Waals surface area contributed by atoms with Gasteiger partial charge in [-0.2, -0.15) is 0 Å². The van der Waals surface area contributed by atoms with Crippen LogP contribution in [0, 0.1) is 0 Å². The Labute approximate surface area is 111 Å². The molecule has 0 radical (unpaired) electrons. The molecule has 0 saturated heterocycles. The number of methoxy groups -OCH3 is 1. The lowest BCUT2D eigenvalue weighted by Gasteiger charge is -2.09. The summed E-state index contributed by atoms with van der Waals surface area (Å²) in [5.41, 5.74) is 13.1. The minimum absolute atomic E-state index is 0.0815. The van der Waals surface area contributed by atoms with Gasteiger partial charge in [-0.1, -0.05) is 6.07 Å². The van der Waals surface area contributed by atoms with Gasteiger partial charge in [-0.25, -0.2) is 4.98 Å². The highest BCUT2D eigenvalue weighted by molar-refractivity contribution is 6.03. The van der Waals surface area contributed by atoms with Gasteiger partial charge in [-0.15, -0.1) is 0 Å². The van der Waals surface area contributed by atoms with E-state index in [1.165, 1.54) is 7.11 Å². The Morgan fingerprint density at radius 3 is 2.79 bits per heavy atom. The van der Waals surface area contributed by atoms with Gasteiger partial charge in [-0.05, 0) is 29.8 Å². The number of nitrogen functional groups attached to an aromatic ring is 2. The summed E-state index contributed by atoms with van der Waals surface area (Å²) in [4.78, 5) is 16.1. The SMILES string of the molecule is COc1cccc(C(=O)Cc2ccnc(N)c2)c1N. The molecule has 0 unspecified atom stereocenters. The molecule has 19 heavy (non-hydrogen) atoms. The Morgan fingerprint density at radius 2 is 2.11 bits per heavy atom. The summed E-state index contributed by atoms with van der Waals surface area (Å²) in [6.45, 7) is 0. The van der Waals surface area contributed by atoms with Crippen LogP contribution < -0.4 is 16.2 Å². The minimum Gasteiger partial charge on any atom is -0.495 e. The van der Waals surface area contributed by atoms with Crippen molar-refractivity contribution >= 4 is 17.3 Å². The van der Waals surface area contributed by atoms with Crippen LogP contribution in [0.2, 0.25) is 0 Å². The van der Waals surface area contributed by atoms with E-state index in [1.807, 2.05) is 0 Å². The van der Waals surface area contributed by atoms with Crippen molar-refractivity contribution in [2.45, 2.75) is 6.42 Å². The number of rotatable bonds is 4. The number of hydrogen-bond donors (Lipinski definition) is 2. The summed E-state index contributed by atoms with van der Waals surface area (Å²) in [7, 11) is 1.52. The first-order valence-corrected chi connectivity index (χ1v) is 5.78. The van der Waals surface area contributed by atoms with Crippen LogP contribution >= 0.6 is 0 Å². The van der Waals surface area contributed by atoms with Crippen molar-refractivity contribution in [1.29, 1.82) is 0 Å². The first-order valence-electron chi connectivity index (χ1n) is 5.78. The highest BCUT2D eigenvalue weighted by Crippen LogP contribution is 2.25. The van der Waals surface area contributed by atoms with Gasteiger partial charge in [0.25, 0.3) is 0 Å². The molecule has 5 nitrogen and oxygen atoms in total. The number of para-hydroxylation sites is 1. The number of carbonyl (C=O) groups excluding carboxylic acids is 1. The summed E-state index contributed by atoms with van der Waals surface area (Å²) in [6.07, 6.45) is 1.80. The molecule has 1 heterocycles. The third-order valence-electron chi connectivity index (χ3n) is 2.80. The van der Waals surface area contributed by atoms with Crippen LogP contribution in [0.25, 0.3) is 0 Å². The van der Waals surface area contributed by atoms with E-state index in [0.717, 1.165) is 5.56 Å². The zero-order chi connectivity index (χ0) is 13.8. The maximum atomic E-state index is 12.2. The standard InChI is InChI=1S/C14H15N3O2/c1-19-12-4-2-3-10(14(12)16)11(18)7-9-5-6-17-13(15)8-9/h2-6,8H,7,16H2,1H3,(H2,15,17). The Kier molecular flexibility index (Phi) is 3.66. The van der Waals surface area contributed by atoms with Gasteiger partial charge in [0, 0.05) is 18.2 Å². The molecule has 0 aliphatic rings. The largest absolute Gasteiger partial charge is 0.495 e. The maximum Gasteiger partial charge on any atom is 0.169 e. The van der Waals surface area contributed by atoms with Gasteiger partial charge >= 0.3 is 0 Å². The normalized spacial score (nSPS) is 10.2. The Bertz CT molecular complexity index is 611. The van der Waals surface area contributed by atoms with Gasteiger partial charge in [0.2, 0.25) is 0 Å². The van der Waals surface area contributed by atoms with E-state index in [4.69, 9.17) is 16.2 Å². The number of pyridine rings is 1. The van der Waals surface area contributed by atoms with Crippen LogP contribution in [-0.4, -0.2) is 17.9 Å². The van der Waals surface area contributed by atoms with Crippen molar-refractivity contribution < 1.29 is 9.53 Å². The predicted octanol–water partition coefficient (Wildman–Crippen LogP) is 1.68. The van der Waals surface area contributed by atoms with Crippen molar-refractivity contribution in [1.82, 2.24) is 4.98 Å². The number of nitrogens with two attached hydrogens (primary N) is 2. The summed E-state index contributed by atoms with van der Waals surface area (Å²) in [5, 5.41) is 0. The van der Waals surface area contributed by atoms with Crippen molar-refractivity contribution in [2.24, 2.45) is 0 Å². The van der Waals surface area contributed by atoms with E-state index in [-0.39, 0.29) is 12.2 Å². The topological polar surface area (TPSA) is 91.2 Å². The first kappa shape index (κ1) is 12.9. The summed E-state index contributed by atoms with van der Waals surface area (Å²) < 4.78 is 5.10. The van der Waals surface area contributed by atoms with Gasteiger partial charge in [0.1, 0.15) is 11.6 Å². The quantitative estimate of drug-likeness (QED) is 0.642. The zero-order valence-corrected chi connectivity index (χ0v) is 10.6. The summed E-state index contributed by atoms with van der Waals surface area (Å²) >= 11 is 0. The lowest BCUT2D eigenvalue weighted by Crippen LogP contribution is -2.08. The average Bonchev–Trinajstić information content (AvgIpc) is 2.39. The molecule has 0 saturated carbocycles. The molecule has 98 valence electrons. The van der Waals surface area contributed by atoms with E-state index in [0.29, 0.717) is 22.8 Å². The Hall–Kier alpha value is -2.56. The predicted molar refractivity (Wildman–Crippen MR) is 74.1 cm³/mol. The second-order valence-electron chi connectivity index (χ2n) is 4.11. The van der Waals surface area contributed by atoms with E-state index >= 15 is 0 Å². The Balaban J connectivity index is 2.25. The lowest BCUT2D eigenvalue weighted by molar-refractivity contribution is 0.0993. The fourth-order valence-electron chi connectivity index (χ4n) is 1.85. The molecule has 0 aliphatic heterocycles. The first-order chi connectivity index (χ1) is 9.11. The maximum absolute atomic E-state index is 12.2. The molecule has 0 amide bonds. The molecule has 0 atom stereocenters. The van der Waals surface area contributed by atoms with Crippen molar-refractivity contribution in [3.63, 3.8) is 0 Å². The van der Waals surface area contributed by atoms with Crippen LogP contribution in [0.15, 0.2) is 36.5 Å². The number of ether oxygens (including phenoxy) is 1. The number of ketones is 1. The average molecular weight is 257 g/mol. The highest BCUT2D eigenvalue weighted by atomic mass is 16.5. The van der Waals surface area contributed by atoms with Gasteiger partial charge in [-0.3, -0.25) is 4.79 Å². The second kappa shape index (κ2) is 5.39. The van der Waals surface area contributed by atoms with Crippen LogP contribution in [0.5, 0.6) is 5.75 Å². The Morgan fingerprint density at radius 1 is 1.32 bits per heavy atom. The fourth-order valence-corrected chi connectivity index (χ4v) is 1.85. The number of aromatic nitrogens is 1. The van der Waals surface area contributed by atoms with E-state index in [1.54, 1.807) is 36.5 Å². The molecule has 0 bridgehead atoms. The van der Waals surface area contributed by atoms with Crippen molar-refractivity contribution in [3.8, 4) is 5.75 Å². The van der Waals surface area contributed by atoms with Crippen LogP contribution in [-0.2, 0) is 6.42 Å². The number of benzene rings is 1. The third kappa shape index (κ3) is 2.82. The van der Waals surface area contributed by atoms with Crippen molar-refractivity contribution in [3.05, 3.63) is 47.7 Å². The zero-order valence-electron chi connectivity index (χ0n) is 10.6. The highest BCUT2D eigenvalue weighted by Gasteiger charge is 2.13. The second-order valence-corrected chi connectivity index (χ2v) is 4.11. The van der Waals surface area contributed by atoms with E-state index in [2.05, 4.69) is 4.98 Å². The van der Waals surface area contributed by atoms with Gasteiger partial charge in [0.15, 0.2) is 5.78 Å². The minimum atomic E-state index is -0.0815. The van der Waals surface area contributed by atoms with Crippen LogP contribution in [0.1, 0.15) is 15.9 Å². The molecule has 0 aliphatic carbocycles. The molecule has 4 N–H and O–H groups in total. The van der Waals surface area contributed by atoms with E-state index < -0.39 is 0 Å². The monoisotopic (exact) mass is 257 g/mol. The number of anilines is 2. The third-order valence-corrected chi connectivity index (χ3v) is 2.80. The van der Waals surface area contributed by atoms with E-state index in [9.17, 15) is 4.79 Å². The van der Waals surface area contributed by atoms with Crippen LogP contribution in [0.3, 0.4) is 0 Å². The summed E-state index contributed by atoms with van der Waals surface area (Å²) in [5.74, 6) is 0.811. The number of carbonyl (C=O) groups is 1. The number of nitrogens with zero attached hydrogens (tertiary/aromatic N) is 1. The molecule has 1 aromatic heterocycles. The van der Waals surface area contributed by atoms with Crippen LogP contribution in [0.4, 0.5) is 11.5 Å². The molecule has 5 heteroatoms. The molecule has 2 rings (SSSR count). The molecular formula is C14H15N3O2. The summed E-state index contributed by atoms with van der Waals surface area (Å²) in [6, 6.07) is 8.57. The smallest absolute Gasteiger partial charge is 0.169 e. The number of Topliss-reactive ketones (excluding diaryl/α,β-unsaturated/α-hetero) is 1.